The standard InChI is InChI=1S/C12H18N2O4S/c1-5-18-12(15)10-8-6-7-9(2)11(10)19(16,17)13-14(3)4/h6-8,11,13H,2,5H2,1,3-4H3. The van der Waals surface area contributed by atoms with Crippen LogP contribution in [0.5, 0.6) is 0 Å². The molecule has 1 aliphatic rings. The number of rotatable bonds is 5. The van der Waals surface area contributed by atoms with E-state index in [1.807, 2.05) is 0 Å². The number of hydrazine groups is 1. The molecule has 0 aromatic rings. The van der Waals surface area contributed by atoms with Crippen LogP contribution in [0.1, 0.15) is 6.92 Å². The average molecular weight is 286 g/mol. The van der Waals surface area contributed by atoms with Crippen molar-refractivity contribution in [3.63, 3.8) is 0 Å². The second kappa shape index (κ2) is 6.14. The van der Waals surface area contributed by atoms with Crippen molar-refractivity contribution >= 4 is 16.0 Å². The van der Waals surface area contributed by atoms with Crippen molar-refractivity contribution in [3.05, 3.63) is 36.0 Å². The Kier molecular flexibility index (Phi) is 5.04. The Morgan fingerprint density at radius 2 is 2.16 bits per heavy atom. The first-order chi connectivity index (χ1) is 8.79. The van der Waals surface area contributed by atoms with Gasteiger partial charge in [0, 0.05) is 14.1 Å². The van der Waals surface area contributed by atoms with Crippen molar-refractivity contribution in [2.24, 2.45) is 0 Å². The molecule has 1 aliphatic carbocycles. The topological polar surface area (TPSA) is 75.7 Å². The molecule has 0 spiro atoms. The van der Waals surface area contributed by atoms with Crippen molar-refractivity contribution in [1.29, 1.82) is 0 Å². The molecule has 0 heterocycles. The second-order valence-electron chi connectivity index (χ2n) is 4.19. The van der Waals surface area contributed by atoms with Gasteiger partial charge in [-0.25, -0.2) is 18.2 Å². The molecular formula is C12H18N2O4S. The van der Waals surface area contributed by atoms with E-state index in [-0.39, 0.29) is 12.2 Å². The maximum absolute atomic E-state index is 12.2. The average Bonchev–Trinajstić information content (AvgIpc) is 2.26. The summed E-state index contributed by atoms with van der Waals surface area (Å²) >= 11 is 0. The Bertz CT molecular complexity index is 532. The van der Waals surface area contributed by atoms with Crippen molar-refractivity contribution < 1.29 is 17.9 Å². The van der Waals surface area contributed by atoms with Crippen LogP contribution in [-0.4, -0.2) is 45.3 Å². The molecule has 0 aliphatic heterocycles. The van der Waals surface area contributed by atoms with Crippen LogP contribution < -0.4 is 4.83 Å². The monoisotopic (exact) mass is 286 g/mol. The lowest BCUT2D eigenvalue weighted by atomic mass is 10.0. The molecule has 1 unspecified atom stereocenters. The van der Waals surface area contributed by atoms with Crippen LogP contribution in [-0.2, 0) is 19.6 Å². The van der Waals surface area contributed by atoms with E-state index in [1.165, 1.54) is 11.1 Å². The van der Waals surface area contributed by atoms with Gasteiger partial charge in [-0.05, 0) is 12.5 Å². The first-order valence-electron chi connectivity index (χ1n) is 5.72. The van der Waals surface area contributed by atoms with Gasteiger partial charge in [0.05, 0.1) is 12.2 Å². The van der Waals surface area contributed by atoms with Crippen LogP contribution in [0, 0.1) is 0 Å². The molecule has 106 valence electrons. The maximum Gasteiger partial charge on any atom is 0.335 e. The van der Waals surface area contributed by atoms with E-state index in [2.05, 4.69) is 11.4 Å². The van der Waals surface area contributed by atoms with Gasteiger partial charge in [-0.1, -0.05) is 24.8 Å². The van der Waals surface area contributed by atoms with Crippen molar-refractivity contribution in [1.82, 2.24) is 9.84 Å². The second-order valence-corrected chi connectivity index (χ2v) is 5.93. The molecule has 1 atom stereocenters. The number of nitrogens with one attached hydrogen (secondary N) is 1. The molecule has 0 saturated heterocycles. The van der Waals surface area contributed by atoms with E-state index < -0.39 is 21.2 Å². The SMILES string of the molecule is C=C1C=CC=C(C(=O)OCC)C1S(=O)(=O)NN(C)C. The lowest BCUT2D eigenvalue weighted by Crippen LogP contribution is -2.45. The smallest absolute Gasteiger partial charge is 0.335 e. The van der Waals surface area contributed by atoms with Crippen LogP contribution >= 0.6 is 0 Å². The van der Waals surface area contributed by atoms with Gasteiger partial charge < -0.3 is 4.74 Å². The van der Waals surface area contributed by atoms with Gasteiger partial charge in [0.25, 0.3) is 0 Å². The van der Waals surface area contributed by atoms with Gasteiger partial charge in [0.15, 0.2) is 0 Å². The van der Waals surface area contributed by atoms with Gasteiger partial charge in [-0.3, -0.25) is 0 Å². The number of allylic oxidation sites excluding steroid dienone is 3. The zero-order valence-corrected chi connectivity index (χ0v) is 12.0. The van der Waals surface area contributed by atoms with Gasteiger partial charge in [0.1, 0.15) is 5.25 Å². The number of sulfonamides is 1. The highest BCUT2D eigenvalue weighted by atomic mass is 32.2. The Labute approximate surface area is 113 Å². The molecule has 0 aromatic heterocycles. The van der Waals surface area contributed by atoms with E-state index in [9.17, 15) is 13.2 Å². The predicted molar refractivity (Wildman–Crippen MR) is 72.5 cm³/mol. The first-order valence-corrected chi connectivity index (χ1v) is 7.27. The van der Waals surface area contributed by atoms with E-state index >= 15 is 0 Å². The molecule has 0 bridgehead atoms. The number of hydrogen-bond acceptors (Lipinski definition) is 5. The fraction of sp³-hybridized carbons (Fsp3) is 0.417. The predicted octanol–water partition coefficient (Wildman–Crippen LogP) is 0.366. The summed E-state index contributed by atoms with van der Waals surface area (Å²) in [6.45, 7) is 5.53. The summed E-state index contributed by atoms with van der Waals surface area (Å²) in [5.41, 5.74) is 0.378. The Hall–Kier alpha value is -1.44. The minimum atomic E-state index is -3.79. The minimum absolute atomic E-state index is 0.0590. The highest BCUT2D eigenvalue weighted by Crippen LogP contribution is 2.25. The summed E-state index contributed by atoms with van der Waals surface area (Å²) in [7, 11) is -0.692. The molecule has 0 aromatic carbocycles. The Balaban J connectivity index is 3.14. The van der Waals surface area contributed by atoms with Crippen molar-refractivity contribution in [3.8, 4) is 0 Å². The third kappa shape index (κ3) is 3.76. The lowest BCUT2D eigenvalue weighted by molar-refractivity contribution is -0.138. The molecule has 1 rings (SSSR count). The molecule has 1 N–H and O–H groups in total. The minimum Gasteiger partial charge on any atom is -0.463 e. The summed E-state index contributed by atoms with van der Waals surface area (Å²) in [5.74, 6) is -0.651. The number of esters is 1. The zero-order chi connectivity index (χ0) is 14.6. The molecule has 0 amide bonds. The lowest BCUT2D eigenvalue weighted by Gasteiger charge is -2.24. The molecule has 19 heavy (non-hydrogen) atoms. The third-order valence-corrected chi connectivity index (χ3v) is 4.13. The summed E-state index contributed by atoms with van der Waals surface area (Å²) in [6.07, 6.45) is 4.57. The molecular weight excluding hydrogens is 268 g/mol. The maximum atomic E-state index is 12.2. The van der Waals surface area contributed by atoms with Crippen molar-refractivity contribution in [2.45, 2.75) is 12.2 Å². The van der Waals surface area contributed by atoms with E-state index in [4.69, 9.17) is 4.74 Å². The Morgan fingerprint density at radius 3 is 2.68 bits per heavy atom. The van der Waals surface area contributed by atoms with Crippen molar-refractivity contribution in [2.75, 3.05) is 20.7 Å². The van der Waals surface area contributed by atoms with Crippen LogP contribution in [0.4, 0.5) is 0 Å². The largest absolute Gasteiger partial charge is 0.463 e. The molecule has 0 fully saturated rings. The van der Waals surface area contributed by atoms with Gasteiger partial charge in [-0.2, -0.15) is 0 Å². The quantitative estimate of drug-likeness (QED) is 0.583. The number of hydrogen-bond donors (Lipinski definition) is 1. The number of carbonyl (C=O) groups is 1. The number of ether oxygens (including phenoxy) is 1. The highest BCUT2D eigenvalue weighted by Gasteiger charge is 2.36. The number of carbonyl (C=O) groups excluding carboxylic acids is 1. The van der Waals surface area contributed by atoms with Crippen LogP contribution in [0.15, 0.2) is 36.0 Å². The Morgan fingerprint density at radius 1 is 1.53 bits per heavy atom. The summed E-state index contributed by atoms with van der Waals surface area (Å²) in [5, 5.41) is 0.155. The zero-order valence-electron chi connectivity index (χ0n) is 11.2. The van der Waals surface area contributed by atoms with Gasteiger partial charge in [-0.15, -0.1) is 4.83 Å². The fourth-order valence-electron chi connectivity index (χ4n) is 1.71. The summed E-state index contributed by atoms with van der Waals surface area (Å²) in [4.78, 5) is 14.1. The third-order valence-electron chi connectivity index (χ3n) is 2.34. The summed E-state index contributed by atoms with van der Waals surface area (Å²) < 4.78 is 29.3. The molecule has 0 saturated carbocycles. The van der Waals surface area contributed by atoms with Crippen LogP contribution in [0.25, 0.3) is 0 Å². The van der Waals surface area contributed by atoms with Crippen LogP contribution in [0.2, 0.25) is 0 Å². The fourth-order valence-corrected chi connectivity index (χ4v) is 3.31. The molecule has 7 heteroatoms. The molecule has 0 radical (unpaired) electrons. The normalized spacial score (nSPS) is 19.5. The number of nitrogens with zero attached hydrogens (tertiary/aromatic N) is 1. The van der Waals surface area contributed by atoms with E-state index in [0.717, 1.165) is 0 Å². The summed E-state index contributed by atoms with van der Waals surface area (Å²) in [6, 6.07) is 0. The van der Waals surface area contributed by atoms with Gasteiger partial charge >= 0.3 is 5.97 Å². The molecule has 6 nitrogen and oxygen atoms in total. The van der Waals surface area contributed by atoms with Gasteiger partial charge in [0.2, 0.25) is 10.0 Å². The van der Waals surface area contributed by atoms with Crippen LogP contribution in [0.3, 0.4) is 0 Å². The highest BCUT2D eigenvalue weighted by molar-refractivity contribution is 7.90. The van der Waals surface area contributed by atoms with E-state index in [1.54, 1.807) is 33.2 Å². The first kappa shape index (κ1) is 15.6. The van der Waals surface area contributed by atoms with E-state index in [0.29, 0.717) is 5.57 Å².